The Morgan fingerprint density at radius 2 is 2.27 bits per heavy atom. The first-order chi connectivity index (χ1) is 10.9. The fraction of sp³-hybridized carbons (Fsp3) is 0.467. The van der Waals surface area contributed by atoms with Crippen molar-refractivity contribution in [3.8, 4) is 0 Å². The maximum absolute atomic E-state index is 4.62. The van der Waals surface area contributed by atoms with Gasteiger partial charge in [0.2, 0.25) is 0 Å². The van der Waals surface area contributed by atoms with E-state index in [1.54, 1.807) is 34.4 Å². The highest BCUT2D eigenvalue weighted by Gasteiger charge is 1.99. The van der Waals surface area contributed by atoms with E-state index in [0.29, 0.717) is 0 Å². The normalized spacial score (nSPS) is 11.6. The maximum atomic E-state index is 4.62. The fourth-order valence-corrected chi connectivity index (χ4v) is 4.14. The maximum Gasteiger partial charge on any atom is 0.191 e. The first kappa shape index (κ1) is 17.3. The minimum atomic E-state index is 0.840. The molecule has 0 aliphatic heterocycles. The van der Waals surface area contributed by atoms with Crippen LogP contribution < -0.4 is 10.6 Å². The van der Waals surface area contributed by atoms with Crippen LogP contribution in [0.4, 0.5) is 0 Å². The smallest absolute Gasteiger partial charge is 0.191 e. The molecule has 2 heterocycles. The summed E-state index contributed by atoms with van der Waals surface area (Å²) >= 11 is 5.31. The second kappa shape index (κ2) is 10.6. The Kier molecular flexibility index (Phi) is 8.37. The Bertz CT molecular complexity index is 523. The second-order valence-corrected chi connectivity index (χ2v) is 7.79. The van der Waals surface area contributed by atoms with Gasteiger partial charge in [0.25, 0.3) is 0 Å². The van der Waals surface area contributed by atoms with Crippen LogP contribution in [0.1, 0.15) is 18.2 Å². The molecule has 0 fully saturated rings. The predicted octanol–water partition coefficient (Wildman–Crippen LogP) is 3.48. The lowest BCUT2D eigenvalue weighted by Gasteiger charge is -2.10. The van der Waals surface area contributed by atoms with Crippen LogP contribution in [0.25, 0.3) is 0 Å². The van der Waals surface area contributed by atoms with Crippen LogP contribution in [-0.2, 0) is 6.42 Å². The topological polar surface area (TPSA) is 49.3 Å². The molecular formula is C15H22N4S3. The van der Waals surface area contributed by atoms with Crippen LogP contribution in [-0.4, -0.2) is 36.3 Å². The minimum Gasteiger partial charge on any atom is -0.357 e. The first-order valence-corrected chi connectivity index (χ1v) is 10.2. The van der Waals surface area contributed by atoms with E-state index in [1.807, 2.05) is 11.6 Å². The summed E-state index contributed by atoms with van der Waals surface area (Å²) in [5, 5.41) is 10.8. The van der Waals surface area contributed by atoms with Crippen molar-refractivity contribution in [2.24, 2.45) is 4.99 Å². The van der Waals surface area contributed by atoms with Crippen molar-refractivity contribution in [1.82, 2.24) is 15.6 Å². The van der Waals surface area contributed by atoms with Crippen LogP contribution in [0.15, 0.2) is 38.4 Å². The van der Waals surface area contributed by atoms with Gasteiger partial charge < -0.3 is 10.6 Å². The van der Waals surface area contributed by atoms with Crippen LogP contribution in [0, 0.1) is 0 Å². The van der Waals surface area contributed by atoms with E-state index in [2.05, 4.69) is 45.0 Å². The average Bonchev–Trinajstić information content (AvgIpc) is 3.20. The van der Waals surface area contributed by atoms with E-state index in [9.17, 15) is 0 Å². The molecule has 0 saturated carbocycles. The molecule has 0 saturated heterocycles. The third-order valence-electron chi connectivity index (χ3n) is 2.80. The van der Waals surface area contributed by atoms with E-state index in [1.165, 1.54) is 4.88 Å². The Hall–Kier alpha value is -1.05. The third-order valence-corrected chi connectivity index (χ3v) is 5.78. The molecule has 0 aliphatic carbocycles. The highest BCUT2D eigenvalue weighted by molar-refractivity contribution is 8.00. The second-order valence-electron chi connectivity index (χ2n) is 4.52. The molecule has 0 spiro atoms. The molecule has 2 rings (SSSR count). The molecule has 7 heteroatoms. The number of nitrogens with one attached hydrogen (secondary N) is 2. The molecule has 0 unspecified atom stereocenters. The fourth-order valence-electron chi connectivity index (χ4n) is 1.80. The van der Waals surface area contributed by atoms with E-state index in [-0.39, 0.29) is 0 Å². The van der Waals surface area contributed by atoms with Crippen LogP contribution in [0.5, 0.6) is 0 Å². The zero-order chi connectivity index (χ0) is 15.5. The summed E-state index contributed by atoms with van der Waals surface area (Å²) in [4.78, 5) is 10.3. The van der Waals surface area contributed by atoms with Gasteiger partial charge in [-0.25, -0.2) is 4.98 Å². The minimum absolute atomic E-state index is 0.840. The molecule has 0 radical (unpaired) electrons. The van der Waals surface area contributed by atoms with Gasteiger partial charge in [-0.15, -0.1) is 22.7 Å². The predicted molar refractivity (Wildman–Crippen MR) is 99.5 cm³/mol. The number of aromatic nitrogens is 1. The monoisotopic (exact) mass is 354 g/mol. The molecule has 0 bridgehead atoms. The van der Waals surface area contributed by atoms with Gasteiger partial charge in [-0.05, 0) is 31.2 Å². The number of nitrogens with zero attached hydrogens (tertiary/aromatic N) is 2. The number of rotatable bonds is 9. The van der Waals surface area contributed by atoms with Crippen molar-refractivity contribution < 1.29 is 0 Å². The lowest BCUT2D eigenvalue weighted by molar-refractivity contribution is 0.799. The molecule has 0 amide bonds. The zero-order valence-electron chi connectivity index (χ0n) is 12.7. The largest absolute Gasteiger partial charge is 0.357 e. The van der Waals surface area contributed by atoms with E-state index >= 15 is 0 Å². The summed E-state index contributed by atoms with van der Waals surface area (Å²) in [6.07, 6.45) is 3.96. The number of hydrogen-bond acceptors (Lipinski definition) is 5. The summed E-state index contributed by atoms with van der Waals surface area (Å²) in [5.74, 6) is 1.98. The van der Waals surface area contributed by atoms with Gasteiger partial charge >= 0.3 is 0 Å². The molecule has 2 aromatic heterocycles. The highest BCUT2D eigenvalue weighted by atomic mass is 32.2. The van der Waals surface area contributed by atoms with Crippen LogP contribution in [0.2, 0.25) is 0 Å². The van der Waals surface area contributed by atoms with E-state index in [0.717, 1.165) is 48.5 Å². The summed E-state index contributed by atoms with van der Waals surface area (Å²) in [6.45, 7) is 4.74. The van der Waals surface area contributed by atoms with Crippen LogP contribution >= 0.6 is 34.4 Å². The molecule has 0 aliphatic rings. The van der Waals surface area contributed by atoms with Gasteiger partial charge in [-0.3, -0.25) is 4.99 Å². The first-order valence-electron chi connectivity index (χ1n) is 7.45. The SMILES string of the molecule is CCNC(=NCCCSc1nccs1)NCCc1cccs1. The van der Waals surface area contributed by atoms with Crippen molar-refractivity contribution in [2.45, 2.75) is 24.1 Å². The lowest BCUT2D eigenvalue weighted by Crippen LogP contribution is -2.38. The Labute approximate surface area is 144 Å². The summed E-state index contributed by atoms with van der Waals surface area (Å²) in [7, 11) is 0. The number of thiophene rings is 1. The Balaban J connectivity index is 1.63. The number of guanidine groups is 1. The van der Waals surface area contributed by atoms with Gasteiger partial charge in [0, 0.05) is 41.8 Å². The number of hydrogen-bond donors (Lipinski definition) is 2. The van der Waals surface area contributed by atoms with E-state index in [4.69, 9.17) is 0 Å². The number of aliphatic imine (C=N–C) groups is 1. The van der Waals surface area contributed by atoms with Gasteiger partial charge in [0.1, 0.15) is 4.34 Å². The van der Waals surface area contributed by atoms with Gasteiger partial charge in [-0.2, -0.15) is 0 Å². The van der Waals surface area contributed by atoms with Gasteiger partial charge in [-0.1, -0.05) is 17.8 Å². The summed E-state index contributed by atoms with van der Waals surface area (Å²) in [5.41, 5.74) is 0. The van der Waals surface area contributed by atoms with Gasteiger partial charge in [0.05, 0.1) is 0 Å². The van der Waals surface area contributed by atoms with Gasteiger partial charge in [0.15, 0.2) is 5.96 Å². The molecule has 4 nitrogen and oxygen atoms in total. The van der Waals surface area contributed by atoms with Crippen LogP contribution in [0.3, 0.4) is 0 Å². The third kappa shape index (κ3) is 6.81. The number of thioether (sulfide) groups is 1. The summed E-state index contributed by atoms with van der Waals surface area (Å²) in [6, 6.07) is 4.27. The van der Waals surface area contributed by atoms with Crippen molar-refractivity contribution in [3.63, 3.8) is 0 Å². The van der Waals surface area contributed by atoms with Crippen molar-refractivity contribution in [1.29, 1.82) is 0 Å². The molecule has 120 valence electrons. The number of thiazole rings is 1. The standard InChI is InChI=1S/C15H22N4S3/c1-2-16-14(18-8-6-13-5-3-10-20-13)17-7-4-11-21-15-19-9-12-22-15/h3,5,9-10,12H,2,4,6-8,11H2,1H3,(H2,16,17,18). The van der Waals surface area contributed by atoms with Crippen molar-refractivity contribution in [2.75, 3.05) is 25.4 Å². The Morgan fingerprint density at radius 1 is 1.32 bits per heavy atom. The highest BCUT2D eigenvalue weighted by Crippen LogP contribution is 2.20. The van der Waals surface area contributed by atoms with Crippen molar-refractivity contribution >= 4 is 40.4 Å². The Morgan fingerprint density at radius 3 is 3.00 bits per heavy atom. The summed E-state index contributed by atoms with van der Waals surface area (Å²) < 4.78 is 1.14. The quantitative estimate of drug-likeness (QED) is 0.313. The average molecular weight is 355 g/mol. The zero-order valence-corrected chi connectivity index (χ0v) is 15.2. The molecule has 2 aromatic rings. The molecule has 0 aromatic carbocycles. The lowest BCUT2D eigenvalue weighted by atomic mass is 10.3. The molecule has 2 N–H and O–H groups in total. The van der Waals surface area contributed by atoms with E-state index < -0.39 is 0 Å². The molecular weight excluding hydrogens is 332 g/mol. The molecule has 0 atom stereocenters. The molecule has 22 heavy (non-hydrogen) atoms. The van der Waals surface area contributed by atoms with Crippen molar-refractivity contribution in [3.05, 3.63) is 34.0 Å².